The van der Waals surface area contributed by atoms with E-state index in [0.717, 1.165) is 119 Å². The van der Waals surface area contributed by atoms with Crippen molar-refractivity contribution in [2.24, 2.45) is 40.9 Å². The molecule has 5 aromatic carbocycles. The molecule has 99 heavy (non-hydrogen) atoms. The van der Waals surface area contributed by atoms with Crippen LogP contribution in [0, 0.1) is 23.7 Å². The SMILES string of the molecule is NCc1cc(-c2cccc(NC(=O)C3CC3)c2)ccc1O[C@H]1CCN(C(=O)[C@@H]2CCC(=O)N2)CC1(F)F.NCc1cc(-c2cccc(NC(=O)[C@H]3C[C@@H]3C(F)F)c2)ccc1OC1CCOCC1.NCc1cc(-c2ccnc(NC(=O)[C@@H]3C[C@H]3c3cccs3)c2)ccc1OC1CCOCC1. The van der Waals surface area contributed by atoms with Gasteiger partial charge in [-0.05, 0) is 150 Å². The Morgan fingerprint density at radius 2 is 1.14 bits per heavy atom. The number of hydrogen-bond acceptors (Lipinski definition) is 15. The van der Waals surface area contributed by atoms with Crippen LogP contribution in [0.25, 0.3) is 33.4 Å². The molecule has 7 aromatic rings. The van der Waals surface area contributed by atoms with Gasteiger partial charge >= 0.3 is 5.92 Å². The van der Waals surface area contributed by atoms with E-state index in [1.54, 1.807) is 41.8 Å². The Morgan fingerprint density at radius 3 is 1.64 bits per heavy atom. The van der Waals surface area contributed by atoms with E-state index in [4.69, 9.17) is 40.9 Å². The lowest BCUT2D eigenvalue weighted by Crippen LogP contribution is -2.58. The first-order valence-corrected chi connectivity index (χ1v) is 34.9. The minimum atomic E-state index is -3.27. The number of likely N-dealkylation sites (tertiary alicyclic amines) is 1. The van der Waals surface area contributed by atoms with E-state index in [1.165, 1.54) is 4.88 Å². The third-order valence-corrected chi connectivity index (χ3v) is 19.9. The molecule has 0 bridgehead atoms. The highest BCUT2D eigenvalue weighted by atomic mass is 32.1. The summed E-state index contributed by atoms with van der Waals surface area (Å²) in [5.41, 5.74) is 27.2. The van der Waals surface area contributed by atoms with E-state index in [9.17, 15) is 32.8 Å². The third-order valence-electron chi connectivity index (χ3n) is 18.9. The van der Waals surface area contributed by atoms with Gasteiger partial charge in [-0.1, -0.05) is 48.5 Å². The fourth-order valence-corrected chi connectivity index (χ4v) is 13.8. The smallest absolute Gasteiger partial charge is 0.301 e. The average Bonchev–Trinajstić information content (AvgIpc) is 1.01. The summed E-state index contributed by atoms with van der Waals surface area (Å²) in [6.07, 6.45) is 5.18. The number of carbonyl (C=O) groups is 5. The lowest BCUT2D eigenvalue weighted by atomic mass is 10.00. The number of nitrogens with one attached hydrogen (secondary N) is 4. The summed E-state index contributed by atoms with van der Waals surface area (Å²) in [5, 5.41) is 13.3. The van der Waals surface area contributed by atoms with Gasteiger partial charge in [0.05, 0.1) is 33.0 Å². The number of carbonyl (C=O) groups excluding carboxylic acids is 5. The maximum absolute atomic E-state index is 15.0. The van der Waals surface area contributed by atoms with E-state index < -0.39 is 48.8 Å². The van der Waals surface area contributed by atoms with Crippen molar-refractivity contribution >= 4 is 58.1 Å². The van der Waals surface area contributed by atoms with Gasteiger partial charge in [0.15, 0.2) is 6.10 Å². The minimum Gasteiger partial charge on any atom is -0.490 e. The standard InChI is InChI=1S/C27H30F2N4O4.C25H27N3O3S.C23H26F2N2O3/c28-27(29)15-33(26(36)21-7-9-24(34)32-21)11-10-23(27)37-22-8-6-18(12-19(22)14-30)17-2-1-3-20(13-17)31-25(35)16-4-5-16;26-15-18-12-16(3-4-22(18)31-19-6-9-30-10-7-19)17-5-8-27-24(13-17)28-25(29)21-14-20(21)23-2-1-11-32-23;24-22(25)19-12-20(19)23(28)27-17-3-1-2-14(11-17)15-4-5-21(16(10-15)13-26)30-18-6-8-29-9-7-18/h1-3,6,8,12-13,16,21,23H,4-5,7,9-11,14-15,30H2,(H,31,35)(H,32,34);1-5,8,11-13,19-21H,6-7,9-10,14-15,26H2,(H,27,28,29);1-5,10-11,18-20,22H,6-9,12-13,26H2,(H,27,28)/t21-,23-;20-,21-;19-,20-/m010/s1. The number of piperidine rings is 1. The van der Waals surface area contributed by atoms with Gasteiger partial charge in [0, 0.05) is 133 Å². The van der Waals surface area contributed by atoms with E-state index >= 15 is 8.78 Å². The molecule has 5 amide bonds. The van der Waals surface area contributed by atoms with Crippen molar-refractivity contribution in [1.82, 2.24) is 15.2 Å². The van der Waals surface area contributed by atoms with Crippen LogP contribution < -0.4 is 52.7 Å². The van der Waals surface area contributed by atoms with Crippen LogP contribution in [0.3, 0.4) is 0 Å². The summed E-state index contributed by atoms with van der Waals surface area (Å²) in [6, 6.07) is 39.2. The van der Waals surface area contributed by atoms with Gasteiger partial charge in [0.1, 0.15) is 41.3 Å². The maximum Gasteiger partial charge on any atom is 0.301 e. The summed E-state index contributed by atoms with van der Waals surface area (Å²) in [6.45, 7) is 3.07. The summed E-state index contributed by atoms with van der Waals surface area (Å²) >= 11 is 1.71. The van der Waals surface area contributed by atoms with Crippen LogP contribution in [-0.2, 0) is 53.1 Å². The zero-order chi connectivity index (χ0) is 69.2. The van der Waals surface area contributed by atoms with Crippen molar-refractivity contribution in [3.63, 3.8) is 0 Å². The zero-order valence-electron chi connectivity index (χ0n) is 54.8. The number of alkyl halides is 4. The second-order valence-electron chi connectivity index (χ2n) is 26.2. The number of halogens is 4. The molecule has 522 valence electrons. The Hall–Kier alpha value is -8.78. The summed E-state index contributed by atoms with van der Waals surface area (Å²) in [5.74, 6) is -2.77. The van der Waals surface area contributed by atoms with Gasteiger partial charge < -0.3 is 67.1 Å². The van der Waals surface area contributed by atoms with Crippen molar-refractivity contribution in [2.45, 2.75) is 133 Å². The summed E-state index contributed by atoms with van der Waals surface area (Å²) in [4.78, 5) is 67.7. The number of nitrogens with zero attached hydrogens (tertiary/aromatic N) is 2. The number of hydrogen-bond donors (Lipinski definition) is 7. The number of amides is 5. The van der Waals surface area contributed by atoms with Gasteiger partial charge in [-0.3, -0.25) is 24.0 Å². The number of pyridine rings is 1. The number of aromatic nitrogens is 1. The van der Waals surface area contributed by atoms with Crippen molar-refractivity contribution < 1.29 is 65.2 Å². The molecule has 7 aliphatic rings. The number of anilines is 3. The van der Waals surface area contributed by atoms with E-state index in [2.05, 4.69) is 43.8 Å². The van der Waals surface area contributed by atoms with Crippen LogP contribution in [0.5, 0.6) is 17.2 Å². The number of nitrogens with two attached hydrogens (primary N) is 3. The molecule has 4 aliphatic heterocycles. The van der Waals surface area contributed by atoms with E-state index in [0.29, 0.717) is 61.4 Å². The zero-order valence-corrected chi connectivity index (χ0v) is 55.6. The van der Waals surface area contributed by atoms with Crippen LogP contribution in [0.4, 0.5) is 34.8 Å². The molecule has 0 spiro atoms. The Bertz CT molecular complexity index is 4000. The second-order valence-corrected chi connectivity index (χ2v) is 27.1. The predicted molar refractivity (Wildman–Crippen MR) is 369 cm³/mol. The van der Waals surface area contributed by atoms with Crippen LogP contribution >= 0.6 is 11.3 Å². The topological polar surface area (TPSA) is 274 Å². The normalized spacial score (nSPS) is 21.7. The van der Waals surface area contributed by atoms with Crippen molar-refractivity contribution in [2.75, 3.05) is 55.5 Å². The Kier molecular flexibility index (Phi) is 22.7. The first-order valence-electron chi connectivity index (χ1n) is 34.0. The predicted octanol–water partition coefficient (Wildman–Crippen LogP) is 11.8. The highest BCUT2D eigenvalue weighted by molar-refractivity contribution is 7.10. The van der Waals surface area contributed by atoms with E-state index in [1.807, 2.05) is 91.0 Å². The fourth-order valence-electron chi connectivity index (χ4n) is 12.8. The first kappa shape index (κ1) is 70.1. The maximum atomic E-state index is 15.0. The highest BCUT2D eigenvalue weighted by Gasteiger charge is 2.50. The molecule has 0 unspecified atom stereocenters. The molecule has 6 heterocycles. The average molecular weight is 1380 g/mol. The Balaban J connectivity index is 0.000000142. The minimum absolute atomic E-state index is 0.0187. The number of benzene rings is 5. The summed E-state index contributed by atoms with van der Waals surface area (Å²) in [7, 11) is 0. The monoisotopic (exact) mass is 1380 g/mol. The molecular weight excluding hydrogens is 1290 g/mol. The Morgan fingerprint density at radius 1 is 0.606 bits per heavy atom. The lowest BCUT2D eigenvalue weighted by Gasteiger charge is -2.39. The van der Waals surface area contributed by atoms with Gasteiger partial charge in [0.2, 0.25) is 36.0 Å². The van der Waals surface area contributed by atoms with Crippen LogP contribution in [0.2, 0.25) is 0 Å². The molecule has 3 aliphatic carbocycles. The lowest BCUT2D eigenvalue weighted by molar-refractivity contribution is -0.161. The van der Waals surface area contributed by atoms with Crippen molar-refractivity contribution in [3.8, 4) is 50.6 Å². The van der Waals surface area contributed by atoms with Crippen LogP contribution in [0.1, 0.15) is 98.1 Å². The third kappa shape index (κ3) is 18.2. The molecule has 6 atom stereocenters. The summed E-state index contributed by atoms with van der Waals surface area (Å²) < 4.78 is 84.4. The Labute approximate surface area is 576 Å². The fraction of sp³-hybridized carbons (Fsp3) is 0.413. The van der Waals surface area contributed by atoms with Gasteiger partial charge in [0.25, 0.3) is 0 Å². The molecule has 7 fully saturated rings. The number of ether oxygens (including phenoxy) is 5. The number of thiophene rings is 1. The highest BCUT2D eigenvalue weighted by Crippen LogP contribution is 2.50. The molecule has 3 saturated carbocycles. The largest absolute Gasteiger partial charge is 0.490 e. The van der Waals surface area contributed by atoms with Crippen molar-refractivity contribution in [3.05, 3.63) is 161 Å². The van der Waals surface area contributed by atoms with Gasteiger partial charge in [-0.15, -0.1) is 11.3 Å². The van der Waals surface area contributed by atoms with Crippen LogP contribution in [-0.4, -0.2) is 116 Å². The van der Waals surface area contributed by atoms with Gasteiger partial charge in [-0.2, -0.15) is 0 Å². The molecule has 10 N–H and O–H groups in total. The molecule has 14 rings (SSSR count). The van der Waals surface area contributed by atoms with Crippen LogP contribution in [0.15, 0.2) is 139 Å². The van der Waals surface area contributed by atoms with Gasteiger partial charge in [-0.25, -0.2) is 22.5 Å². The van der Waals surface area contributed by atoms with Crippen molar-refractivity contribution in [1.29, 1.82) is 0 Å². The first-order chi connectivity index (χ1) is 48.0. The molecule has 2 aromatic heterocycles. The number of rotatable bonds is 21. The molecule has 0 radical (unpaired) electrons. The molecule has 4 saturated heterocycles. The molecule has 19 nitrogen and oxygen atoms in total. The molecule has 24 heteroatoms. The van der Waals surface area contributed by atoms with E-state index in [-0.39, 0.29) is 85.8 Å². The quantitative estimate of drug-likeness (QED) is 0.0330. The molecular formula is C75H83F4N9O10S. The second kappa shape index (κ2) is 32.0.